The zero-order valence-electron chi connectivity index (χ0n) is 12.5. The van der Waals surface area contributed by atoms with Crippen LogP contribution in [-0.4, -0.2) is 16.8 Å². The number of fused-ring (bicyclic) bond motifs is 1. The van der Waals surface area contributed by atoms with Gasteiger partial charge in [0, 0.05) is 10.2 Å². The monoisotopic (exact) mass is 404 g/mol. The van der Waals surface area contributed by atoms with E-state index in [1.165, 1.54) is 17.3 Å². The van der Waals surface area contributed by atoms with Crippen molar-refractivity contribution < 1.29 is 13.9 Å². The highest BCUT2D eigenvalue weighted by atomic mass is 79.9. The lowest BCUT2D eigenvalue weighted by Crippen LogP contribution is -2.21. The molecule has 4 rings (SSSR count). The molecule has 1 aliphatic heterocycles. The Balaban J connectivity index is 1.41. The van der Waals surface area contributed by atoms with Crippen LogP contribution in [0.15, 0.2) is 62.6 Å². The van der Waals surface area contributed by atoms with E-state index >= 15 is 0 Å². The number of halogens is 1. The second-order valence-corrected chi connectivity index (χ2v) is 7.03. The normalized spacial score (nSPS) is 16.1. The standard InChI is InChI=1S/C17H13BrN2O3S/c18-12-7-5-11(6-8-12)10-24-17-20-19-16(23-17)15-9-21-13-3-1-2-4-14(13)22-15/h1-8,15H,9-10H2. The summed E-state index contributed by atoms with van der Waals surface area (Å²) in [6.07, 6.45) is -0.380. The van der Waals surface area contributed by atoms with Crippen molar-refractivity contribution in [3.63, 3.8) is 0 Å². The van der Waals surface area contributed by atoms with Gasteiger partial charge in [0.05, 0.1) is 0 Å². The fraction of sp³-hybridized carbons (Fsp3) is 0.176. The lowest BCUT2D eigenvalue weighted by molar-refractivity contribution is 0.0686. The average molecular weight is 405 g/mol. The van der Waals surface area contributed by atoms with Crippen LogP contribution in [0.2, 0.25) is 0 Å². The Morgan fingerprint density at radius 2 is 1.83 bits per heavy atom. The molecule has 1 unspecified atom stereocenters. The van der Waals surface area contributed by atoms with E-state index in [9.17, 15) is 0 Å². The highest BCUT2D eigenvalue weighted by molar-refractivity contribution is 9.10. The van der Waals surface area contributed by atoms with E-state index < -0.39 is 0 Å². The Morgan fingerprint density at radius 1 is 1.04 bits per heavy atom. The van der Waals surface area contributed by atoms with Gasteiger partial charge in [-0.2, -0.15) is 0 Å². The SMILES string of the molecule is Brc1ccc(CSc2nnc(C3COc4ccccc4O3)o2)cc1. The zero-order chi connectivity index (χ0) is 16.4. The van der Waals surface area contributed by atoms with E-state index in [0.717, 1.165) is 16.0 Å². The minimum atomic E-state index is -0.380. The lowest BCUT2D eigenvalue weighted by atomic mass is 10.2. The first-order valence-corrected chi connectivity index (χ1v) is 9.15. The topological polar surface area (TPSA) is 57.4 Å². The lowest BCUT2D eigenvalue weighted by Gasteiger charge is -2.23. The van der Waals surface area contributed by atoms with Crippen molar-refractivity contribution in [1.82, 2.24) is 10.2 Å². The van der Waals surface area contributed by atoms with Gasteiger partial charge in [-0.05, 0) is 29.8 Å². The van der Waals surface area contributed by atoms with Crippen molar-refractivity contribution in [3.8, 4) is 11.5 Å². The number of ether oxygens (including phenoxy) is 2. The Bertz CT molecular complexity index is 838. The third-order valence-electron chi connectivity index (χ3n) is 3.48. The Morgan fingerprint density at radius 3 is 2.67 bits per heavy atom. The van der Waals surface area contributed by atoms with Gasteiger partial charge in [-0.15, -0.1) is 10.2 Å². The molecule has 1 atom stereocenters. The summed E-state index contributed by atoms with van der Waals surface area (Å²) in [5.74, 6) is 2.62. The molecule has 0 amide bonds. The van der Waals surface area contributed by atoms with Gasteiger partial charge < -0.3 is 13.9 Å². The maximum atomic E-state index is 5.87. The molecule has 3 aromatic rings. The van der Waals surface area contributed by atoms with Crippen molar-refractivity contribution >= 4 is 27.7 Å². The molecule has 2 aromatic carbocycles. The Labute approximate surface area is 151 Å². The van der Waals surface area contributed by atoms with Gasteiger partial charge >= 0.3 is 0 Å². The second kappa shape index (κ2) is 6.86. The summed E-state index contributed by atoms with van der Waals surface area (Å²) >= 11 is 4.92. The molecule has 0 spiro atoms. The maximum Gasteiger partial charge on any atom is 0.277 e. The first-order chi connectivity index (χ1) is 11.8. The number of nitrogens with zero attached hydrogens (tertiary/aromatic N) is 2. The van der Waals surface area contributed by atoms with Crippen molar-refractivity contribution in [2.24, 2.45) is 0 Å². The highest BCUT2D eigenvalue weighted by Gasteiger charge is 2.27. The number of hydrogen-bond donors (Lipinski definition) is 0. The van der Waals surface area contributed by atoms with Crippen LogP contribution in [0.25, 0.3) is 0 Å². The van der Waals surface area contributed by atoms with Crippen LogP contribution in [0, 0.1) is 0 Å². The molecule has 5 nitrogen and oxygen atoms in total. The van der Waals surface area contributed by atoms with Gasteiger partial charge in [0.2, 0.25) is 6.10 Å². The van der Waals surface area contributed by atoms with Crippen molar-refractivity contribution in [3.05, 3.63) is 64.5 Å². The molecule has 1 aromatic heterocycles. The van der Waals surface area contributed by atoms with Crippen LogP contribution in [0.4, 0.5) is 0 Å². The van der Waals surface area contributed by atoms with Crippen LogP contribution < -0.4 is 9.47 Å². The van der Waals surface area contributed by atoms with E-state index in [2.05, 4.69) is 38.3 Å². The molecule has 0 aliphatic carbocycles. The van der Waals surface area contributed by atoms with E-state index in [1.54, 1.807) is 0 Å². The van der Waals surface area contributed by atoms with Crippen LogP contribution in [-0.2, 0) is 5.75 Å². The second-order valence-electron chi connectivity index (χ2n) is 5.19. The van der Waals surface area contributed by atoms with Crippen molar-refractivity contribution in [2.45, 2.75) is 17.1 Å². The number of thioether (sulfide) groups is 1. The molecule has 0 N–H and O–H groups in total. The number of aromatic nitrogens is 2. The van der Waals surface area contributed by atoms with Gasteiger partial charge in [-0.25, -0.2) is 0 Å². The molecule has 1 aliphatic rings. The van der Waals surface area contributed by atoms with E-state index in [4.69, 9.17) is 13.9 Å². The summed E-state index contributed by atoms with van der Waals surface area (Å²) < 4.78 is 18.3. The third-order valence-corrected chi connectivity index (χ3v) is 4.90. The summed E-state index contributed by atoms with van der Waals surface area (Å²) in [5, 5.41) is 8.69. The van der Waals surface area contributed by atoms with Crippen molar-refractivity contribution in [1.29, 1.82) is 0 Å². The molecule has 0 radical (unpaired) electrons. The van der Waals surface area contributed by atoms with Gasteiger partial charge in [0.15, 0.2) is 11.5 Å². The molecule has 0 bridgehead atoms. The Hall–Kier alpha value is -1.99. The van der Waals surface area contributed by atoms with Crippen molar-refractivity contribution in [2.75, 3.05) is 6.61 Å². The number of rotatable bonds is 4. The fourth-order valence-electron chi connectivity index (χ4n) is 2.28. The minimum Gasteiger partial charge on any atom is -0.485 e. The summed E-state index contributed by atoms with van der Waals surface area (Å²) in [6, 6.07) is 15.7. The summed E-state index contributed by atoms with van der Waals surface area (Å²) in [4.78, 5) is 0. The average Bonchev–Trinajstić information content (AvgIpc) is 3.10. The largest absolute Gasteiger partial charge is 0.485 e. The molecule has 122 valence electrons. The molecular formula is C17H13BrN2O3S. The van der Waals surface area contributed by atoms with Gasteiger partial charge in [0.1, 0.15) is 6.61 Å². The van der Waals surface area contributed by atoms with E-state index in [-0.39, 0.29) is 6.10 Å². The third kappa shape index (κ3) is 3.42. The zero-order valence-corrected chi connectivity index (χ0v) is 14.9. The van der Waals surface area contributed by atoms with Gasteiger partial charge in [-0.3, -0.25) is 0 Å². The van der Waals surface area contributed by atoms with Crippen LogP contribution >= 0.6 is 27.7 Å². The minimum absolute atomic E-state index is 0.357. The predicted molar refractivity (Wildman–Crippen MR) is 93.3 cm³/mol. The van der Waals surface area contributed by atoms with Crippen LogP contribution in [0.1, 0.15) is 17.6 Å². The quantitative estimate of drug-likeness (QED) is 0.590. The molecular weight excluding hydrogens is 392 g/mol. The first kappa shape index (κ1) is 15.5. The maximum absolute atomic E-state index is 5.87. The van der Waals surface area contributed by atoms with Gasteiger partial charge in [-0.1, -0.05) is 52.0 Å². The van der Waals surface area contributed by atoms with Crippen LogP contribution in [0.5, 0.6) is 11.5 Å². The predicted octanol–water partition coefficient (Wildman–Crippen LogP) is 4.64. The fourth-order valence-corrected chi connectivity index (χ4v) is 3.27. The number of para-hydroxylation sites is 2. The van der Waals surface area contributed by atoms with E-state index in [0.29, 0.717) is 23.5 Å². The molecule has 0 fully saturated rings. The number of benzene rings is 2. The summed E-state index contributed by atoms with van der Waals surface area (Å²) in [6.45, 7) is 0.357. The van der Waals surface area contributed by atoms with E-state index in [1.807, 2.05) is 36.4 Å². The van der Waals surface area contributed by atoms with Crippen LogP contribution in [0.3, 0.4) is 0 Å². The molecule has 7 heteroatoms. The number of hydrogen-bond acceptors (Lipinski definition) is 6. The molecule has 24 heavy (non-hydrogen) atoms. The highest BCUT2D eigenvalue weighted by Crippen LogP contribution is 2.36. The summed E-state index contributed by atoms with van der Waals surface area (Å²) in [7, 11) is 0. The van der Waals surface area contributed by atoms with Gasteiger partial charge in [0.25, 0.3) is 11.1 Å². The first-order valence-electron chi connectivity index (χ1n) is 7.37. The smallest absolute Gasteiger partial charge is 0.277 e. The molecule has 0 saturated carbocycles. The Kier molecular flexibility index (Phi) is 4.44. The summed E-state index contributed by atoms with van der Waals surface area (Å²) in [5.41, 5.74) is 1.19. The molecule has 0 saturated heterocycles. The molecule has 2 heterocycles.